The van der Waals surface area contributed by atoms with Crippen LogP contribution in [0.25, 0.3) is 0 Å². The molecule has 0 N–H and O–H groups in total. The molecule has 0 radical (unpaired) electrons. The molecule has 1 aromatic carbocycles. The summed E-state index contributed by atoms with van der Waals surface area (Å²) in [6.07, 6.45) is 8.59. The van der Waals surface area contributed by atoms with Gasteiger partial charge in [0.2, 0.25) is 0 Å². The summed E-state index contributed by atoms with van der Waals surface area (Å²) >= 11 is 0. The van der Waals surface area contributed by atoms with Gasteiger partial charge in [0.15, 0.2) is 0 Å². The van der Waals surface area contributed by atoms with Crippen molar-refractivity contribution in [1.29, 1.82) is 0 Å². The minimum atomic E-state index is 0.536. The SMILES string of the molecule is CC1CCN(Cc2ccccc2)C12CCCCC2. The minimum Gasteiger partial charge on any atom is -0.293 e. The molecule has 1 heteroatoms. The van der Waals surface area contributed by atoms with E-state index in [0.29, 0.717) is 5.54 Å². The first kappa shape index (κ1) is 12.2. The lowest BCUT2D eigenvalue weighted by atomic mass is 9.74. The molecule has 1 spiro atoms. The maximum atomic E-state index is 2.80. The Morgan fingerprint density at radius 2 is 1.83 bits per heavy atom. The Balaban J connectivity index is 1.78. The molecule has 0 bridgehead atoms. The van der Waals surface area contributed by atoms with Crippen LogP contribution in [0.5, 0.6) is 0 Å². The van der Waals surface area contributed by atoms with E-state index in [2.05, 4.69) is 42.2 Å². The van der Waals surface area contributed by atoms with Gasteiger partial charge in [0.1, 0.15) is 0 Å². The van der Waals surface area contributed by atoms with Crippen molar-refractivity contribution in [2.75, 3.05) is 6.54 Å². The Morgan fingerprint density at radius 1 is 1.11 bits per heavy atom. The molecule has 1 heterocycles. The van der Waals surface area contributed by atoms with Crippen molar-refractivity contribution >= 4 is 0 Å². The van der Waals surface area contributed by atoms with E-state index in [0.717, 1.165) is 12.5 Å². The van der Waals surface area contributed by atoms with Gasteiger partial charge >= 0.3 is 0 Å². The van der Waals surface area contributed by atoms with Gasteiger partial charge in [-0.25, -0.2) is 0 Å². The van der Waals surface area contributed by atoms with Crippen molar-refractivity contribution in [3.63, 3.8) is 0 Å². The van der Waals surface area contributed by atoms with Crippen LogP contribution in [-0.2, 0) is 6.54 Å². The molecule has 2 fully saturated rings. The fourth-order valence-electron chi connectivity index (χ4n) is 4.17. The zero-order valence-corrected chi connectivity index (χ0v) is 11.6. The van der Waals surface area contributed by atoms with Crippen molar-refractivity contribution in [3.8, 4) is 0 Å². The number of rotatable bonds is 2. The van der Waals surface area contributed by atoms with Gasteiger partial charge in [-0.15, -0.1) is 0 Å². The molecule has 0 aromatic heterocycles. The molecule has 1 saturated heterocycles. The molecule has 3 rings (SSSR count). The first-order valence-corrected chi connectivity index (χ1v) is 7.60. The monoisotopic (exact) mass is 243 g/mol. The van der Waals surface area contributed by atoms with E-state index in [9.17, 15) is 0 Å². The fraction of sp³-hybridized carbons (Fsp3) is 0.647. The second-order valence-corrected chi connectivity index (χ2v) is 6.26. The van der Waals surface area contributed by atoms with E-state index < -0.39 is 0 Å². The van der Waals surface area contributed by atoms with E-state index in [4.69, 9.17) is 0 Å². The second kappa shape index (κ2) is 5.05. The predicted molar refractivity (Wildman–Crippen MR) is 76.4 cm³/mol. The highest BCUT2D eigenvalue weighted by molar-refractivity contribution is 5.16. The van der Waals surface area contributed by atoms with Crippen molar-refractivity contribution in [1.82, 2.24) is 4.90 Å². The lowest BCUT2D eigenvalue weighted by Crippen LogP contribution is -2.48. The van der Waals surface area contributed by atoms with Gasteiger partial charge in [0.05, 0.1) is 0 Å². The zero-order valence-electron chi connectivity index (χ0n) is 11.6. The Bertz CT molecular complexity index is 378. The third-order valence-corrected chi connectivity index (χ3v) is 5.31. The molecule has 98 valence electrons. The van der Waals surface area contributed by atoms with E-state index >= 15 is 0 Å². The topological polar surface area (TPSA) is 3.24 Å². The fourth-order valence-corrected chi connectivity index (χ4v) is 4.17. The van der Waals surface area contributed by atoms with Crippen molar-refractivity contribution in [3.05, 3.63) is 35.9 Å². The number of likely N-dealkylation sites (tertiary alicyclic amines) is 1. The minimum absolute atomic E-state index is 0.536. The Morgan fingerprint density at radius 3 is 2.56 bits per heavy atom. The van der Waals surface area contributed by atoms with Crippen LogP contribution in [0.1, 0.15) is 51.0 Å². The Kier molecular flexibility index (Phi) is 3.43. The van der Waals surface area contributed by atoms with Crippen molar-refractivity contribution in [2.24, 2.45) is 5.92 Å². The van der Waals surface area contributed by atoms with Crippen LogP contribution in [0.3, 0.4) is 0 Å². The Hall–Kier alpha value is -0.820. The summed E-state index contributed by atoms with van der Waals surface area (Å²) < 4.78 is 0. The number of hydrogen-bond acceptors (Lipinski definition) is 1. The largest absolute Gasteiger partial charge is 0.293 e. The summed E-state index contributed by atoms with van der Waals surface area (Å²) in [7, 11) is 0. The first-order valence-electron chi connectivity index (χ1n) is 7.60. The van der Waals surface area contributed by atoms with Crippen molar-refractivity contribution < 1.29 is 0 Å². The zero-order chi connectivity index (χ0) is 12.4. The molecule has 1 nitrogen and oxygen atoms in total. The standard InChI is InChI=1S/C17H25N/c1-15-10-13-18(14-16-8-4-2-5-9-16)17(15)11-6-3-7-12-17/h2,4-5,8-9,15H,3,6-7,10-14H2,1H3. The van der Waals surface area contributed by atoms with E-state index in [1.54, 1.807) is 0 Å². The normalized spacial score (nSPS) is 27.7. The third kappa shape index (κ3) is 2.09. The molecule has 0 amide bonds. The predicted octanol–water partition coefficient (Wildman–Crippen LogP) is 4.23. The number of benzene rings is 1. The van der Waals surface area contributed by atoms with Gasteiger partial charge in [0.25, 0.3) is 0 Å². The summed E-state index contributed by atoms with van der Waals surface area (Å²) in [5.74, 6) is 0.890. The Labute approximate surface area is 111 Å². The summed E-state index contributed by atoms with van der Waals surface area (Å²) in [5.41, 5.74) is 2.02. The van der Waals surface area contributed by atoms with Gasteiger partial charge in [0, 0.05) is 12.1 Å². The molecular weight excluding hydrogens is 218 g/mol. The van der Waals surface area contributed by atoms with Gasteiger partial charge in [-0.2, -0.15) is 0 Å². The molecule has 18 heavy (non-hydrogen) atoms. The van der Waals surface area contributed by atoms with Crippen molar-refractivity contribution in [2.45, 2.75) is 57.5 Å². The highest BCUT2D eigenvalue weighted by atomic mass is 15.2. The van der Waals surface area contributed by atoms with Gasteiger partial charge in [-0.05, 0) is 37.3 Å². The number of hydrogen-bond donors (Lipinski definition) is 0. The molecule has 1 atom stereocenters. The molecular formula is C17H25N. The highest BCUT2D eigenvalue weighted by Gasteiger charge is 2.46. The molecule has 1 aliphatic carbocycles. The van der Waals surface area contributed by atoms with E-state index in [1.807, 2.05) is 0 Å². The summed E-state index contributed by atoms with van der Waals surface area (Å²) in [4.78, 5) is 2.80. The van der Waals surface area contributed by atoms with Crippen LogP contribution in [0.2, 0.25) is 0 Å². The third-order valence-electron chi connectivity index (χ3n) is 5.31. The summed E-state index contributed by atoms with van der Waals surface area (Å²) in [6, 6.07) is 11.0. The van der Waals surface area contributed by atoms with Gasteiger partial charge in [-0.3, -0.25) is 4.90 Å². The smallest absolute Gasteiger partial charge is 0.0239 e. The van der Waals surface area contributed by atoms with E-state index in [1.165, 1.54) is 50.6 Å². The average molecular weight is 243 g/mol. The first-order chi connectivity index (χ1) is 8.81. The number of nitrogens with zero attached hydrogens (tertiary/aromatic N) is 1. The maximum absolute atomic E-state index is 2.80. The molecule has 1 aromatic rings. The lowest BCUT2D eigenvalue weighted by molar-refractivity contribution is 0.0571. The van der Waals surface area contributed by atoms with Crippen LogP contribution in [0, 0.1) is 5.92 Å². The quantitative estimate of drug-likeness (QED) is 0.751. The molecule has 1 saturated carbocycles. The van der Waals surface area contributed by atoms with Crippen LogP contribution in [0.15, 0.2) is 30.3 Å². The lowest BCUT2D eigenvalue weighted by Gasteiger charge is -2.44. The van der Waals surface area contributed by atoms with Gasteiger partial charge in [-0.1, -0.05) is 56.5 Å². The highest BCUT2D eigenvalue weighted by Crippen LogP contribution is 2.45. The van der Waals surface area contributed by atoms with Crippen LogP contribution < -0.4 is 0 Å². The molecule has 2 aliphatic rings. The summed E-state index contributed by atoms with van der Waals surface area (Å²) in [5, 5.41) is 0. The van der Waals surface area contributed by atoms with Gasteiger partial charge < -0.3 is 0 Å². The van der Waals surface area contributed by atoms with E-state index in [-0.39, 0.29) is 0 Å². The van der Waals surface area contributed by atoms with Crippen LogP contribution in [0.4, 0.5) is 0 Å². The van der Waals surface area contributed by atoms with Crippen LogP contribution >= 0.6 is 0 Å². The maximum Gasteiger partial charge on any atom is 0.0239 e. The molecule has 1 aliphatic heterocycles. The average Bonchev–Trinajstić information content (AvgIpc) is 2.70. The summed E-state index contributed by atoms with van der Waals surface area (Å²) in [6.45, 7) is 4.94. The second-order valence-electron chi connectivity index (χ2n) is 6.26. The molecule has 1 unspecified atom stereocenters. The van der Waals surface area contributed by atoms with Crippen LogP contribution in [-0.4, -0.2) is 17.0 Å².